The number of nitrogens with zero attached hydrogens (tertiary/aromatic N) is 1. The number of pyridine rings is 1. The molecular weight excluding hydrogens is 253 g/mol. The van der Waals surface area contributed by atoms with E-state index in [-0.39, 0.29) is 5.82 Å². The predicted octanol–water partition coefficient (Wildman–Crippen LogP) is 3.65. The van der Waals surface area contributed by atoms with Crippen molar-refractivity contribution in [2.24, 2.45) is 0 Å². The number of aliphatic hydroxyl groups is 1. The van der Waals surface area contributed by atoms with Crippen LogP contribution in [-0.4, -0.2) is 10.1 Å². The average Bonchev–Trinajstić information content (AvgIpc) is 2.47. The van der Waals surface area contributed by atoms with Gasteiger partial charge in [0.25, 0.3) is 0 Å². The van der Waals surface area contributed by atoms with Crippen molar-refractivity contribution >= 4 is 10.9 Å². The van der Waals surface area contributed by atoms with Crippen LogP contribution in [0.5, 0.6) is 0 Å². The second-order valence-corrected chi connectivity index (χ2v) is 4.81. The second-order valence-electron chi connectivity index (χ2n) is 4.81. The third kappa shape index (κ3) is 2.68. The Balaban J connectivity index is 1.86. The van der Waals surface area contributed by atoms with Gasteiger partial charge in [-0.1, -0.05) is 30.3 Å². The maximum absolute atomic E-state index is 13.1. The fourth-order valence-corrected chi connectivity index (χ4v) is 2.28. The maximum atomic E-state index is 13.1. The van der Waals surface area contributed by atoms with Gasteiger partial charge in [0, 0.05) is 18.0 Å². The second kappa shape index (κ2) is 5.39. The molecule has 0 saturated carbocycles. The van der Waals surface area contributed by atoms with Gasteiger partial charge in [0.15, 0.2) is 0 Å². The van der Waals surface area contributed by atoms with E-state index in [0.29, 0.717) is 6.42 Å². The Bertz CT molecular complexity index is 742. The van der Waals surface area contributed by atoms with Crippen molar-refractivity contribution < 1.29 is 9.50 Å². The minimum absolute atomic E-state index is 0.286. The Labute approximate surface area is 116 Å². The van der Waals surface area contributed by atoms with Crippen LogP contribution < -0.4 is 0 Å². The van der Waals surface area contributed by atoms with Crippen LogP contribution in [0.25, 0.3) is 10.9 Å². The van der Waals surface area contributed by atoms with E-state index in [9.17, 15) is 9.50 Å². The Morgan fingerprint density at radius 3 is 2.75 bits per heavy atom. The summed E-state index contributed by atoms with van der Waals surface area (Å²) in [6.07, 6.45) is 1.36. The van der Waals surface area contributed by atoms with Crippen molar-refractivity contribution in [3.05, 3.63) is 77.7 Å². The highest BCUT2D eigenvalue weighted by Crippen LogP contribution is 2.21. The Morgan fingerprint density at radius 2 is 1.90 bits per heavy atom. The van der Waals surface area contributed by atoms with E-state index in [0.717, 1.165) is 22.0 Å². The van der Waals surface area contributed by atoms with E-state index < -0.39 is 6.10 Å². The lowest BCUT2D eigenvalue weighted by molar-refractivity contribution is 0.178. The van der Waals surface area contributed by atoms with Gasteiger partial charge in [0.2, 0.25) is 0 Å². The summed E-state index contributed by atoms with van der Waals surface area (Å²) in [5, 5.41) is 11.3. The first kappa shape index (κ1) is 12.8. The molecule has 0 radical (unpaired) electrons. The first-order valence-electron chi connectivity index (χ1n) is 6.49. The highest BCUT2D eigenvalue weighted by atomic mass is 19.1. The van der Waals surface area contributed by atoms with Gasteiger partial charge in [0.1, 0.15) is 5.82 Å². The molecule has 100 valence electrons. The van der Waals surface area contributed by atoms with E-state index in [4.69, 9.17) is 0 Å². The number of hydrogen-bond donors (Lipinski definition) is 1. The SMILES string of the molecule is OC(Cc1cccc(F)c1)c1cnc2ccccc2c1. The lowest BCUT2D eigenvalue weighted by Crippen LogP contribution is -2.02. The maximum Gasteiger partial charge on any atom is 0.123 e. The van der Waals surface area contributed by atoms with E-state index >= 15 is 0 Å². The molecule has 3 rings (SSSR count). The smallest absolute Gasteiger partial charge is 0.123 e. The molecule has 0 aliphatic carbocycles. The van der Waals surface area contributed by atoms with E-state index in [1.807, 2.05) is 30.3 Å². The van der Waals surface area contributed by atoms with Crippen LogP contribution >= 0.6 is 0 Å². The van der Waals surface area contributed by atoms with Crippen molar-refractivity contribution in [1.82, 2.24) is 4.98 Å². The number of halogens is 1. The zero-order chi connectivity index (χ0) is 13.9. The van der Waals surface area contributed by atoms with Gasteiger partial charge in [-0.2, -0.15) is 0 Å². The molecule has 1 atom stereocenters. The van der Waals surface area contributed by atoms with Crippen molar-refractivity contribution in [1.29, 1.82) is 0 Å². The number of para-hydroxylation sites is 1. The molecule has 2 aromatic carbocycles. The molecule has 20 heavy (non-hydrogen) atoms. The molecule has 1 N–H and O–H groups in total. The quantitative estimate of drug-likeness (QED) is 0.785. The van der Waals surface area contributed by atoms with Crippen LogP contribution in [0.4, 0.5) is 4.39 Å². The summed E-state index contributed by atoms with van der Waals surface area (Å²) in [5.74, 6) is -0.286. The molecule has 3 heteroatoms. The Morgan fingerprint density at radius 1 is 1.05 bits per heavy atom. The van der Waals surface area contributed by atoms with E-state index in [1.54, 1.807) is 18.3 Å². The van der Waals surface area contributed by atoms with Crippen LogP contribution in [0.15, 0.2) is 60.8 Å². The summed E-state index contributed by atoms with van der Waals surface area (Å²) in [6.45, 7) is 0. The third-order valence-electron chi connectivity index (χ3n) is 3.31. The first-order chi connectivity index (χ1) is 9.72. The number of fused-ring (bicyclic) bond motifs is 1. The van der Waals surface area contributed by atoms with Gasteiger partial charge in [-0.05, 0) is 35.4 Å². The van der Waals surface area contributed by atoms with Gasteiger partial charge in [0.05, 0.1) is 11.6 Å². The monoisotopic (exact) mass is 267 g/mol. The number of aromatic nitrogens is 1. The van der Waals surface area contributed by atoms with Crippen LogP contribution in [0.3, 0.4) is 0 Å². The molecule has 0 spiro atoms. The number of rotatable bonds is 3. The summed E-state index contributed by atoms with van der Waals surface area (Å²) >= 11 is 0. The topological polar surface area (TPSA) is 33.1 Å². The normalized spacial score (nSPS) is 12.5. The Hall–Kier alpha value is -2.26. The number of benzene rings is 2. The molecule has 1 unspecified atom stereocenters. The third-order valence-corrected chi connectivity index (χ3v) is 3.31. The molecule has 3 aromatic rings. The largest absolute Gasteiger partial charge is 0.388 e. The lowest BCUT2D eigenvalue weighted by atomic mass is 10.0. The average molecular weight is 267 g/mol. The zero-order valence-corrected chi connectivity index (χ0v) is 10.8. The van der Waals surface area contributed by atoms with Gasteiger partial charge in [-0.25, -0.2) is 4.39 Å². The summed E-state index contributed by atoms with van der Waals surface area (Å²) in [7, 11) is 0. The summed E-state index contributed by atoms with van der Waals surface area (Å²) < 4.78 is 13.1. The Kier molecular flexibility index (Phi) is 3.44. The van der Waals surface area contributed by atoms with Crippen LogP contribution in [0.2, 0.25) is 0 Å². The molecule has 0 saturated heterocycles. The highest BCUT2D eigenvalue weighted by molar-refractivity contribution is 5.78. The van der Waals surface area contributed by atoms with Crippen molar-refractivity contribution in [3.8, 4) is 0 Å². The molecule has 0 amide bonds. The summed E-state index contributed by atoms with van der Waals surface area (Å²) in [5.41, 5.74) is 2.41. The van der Waals surface area contributed by atoms with Crippen molar-refractivity contribution in [2.75, 3.05) is 0 Å². The highest BCUT2D eigenvalue weighted by Gasteiger charge is 2.10. The fourth-order valence-electron chi connectivity index (χ4n) is 2.28. The summed E-state index contributed by atoms with van der Waals surface area (Å²) in [4.78, 5) is 4.33. The van der Waals surface area contributed by atoms with Crippen LogP contribution in [0, 0.1) is 5.82 Å². The predicted molar refractivity (Wildman–Crippen MR) is 76.8 cm³/mol. The minimum Gasteiger partial charge on any atom is -0.388 e. The molecule has 1 heterocycles. The molecule has 0 bridgehead atoms. The molecule has 0 aliphatic rings. The molecule has 2 nitrogen and oxygen atoms in total. The number of hydrogen-bond acceptors (Lipinski definition) is 2. The van der Waals surface area contributed by atoms with E-state index in [2.05, 4.69) is 4.98 Å². The minimum atomic E-state index is -0.686. The summed E-state index contributed by atoms with van der Waals surface area (Å²) in [6, 6.07) is 16.0. The van der Waals surface area contributed by atoms with Gasteiger partial charge in [-0.3, -0.25) is 4.98 Å². The fraction of sp³-hybridized carbons (Fsp3) is 0.118. The van der Waals surface area contributed by atoms with Gasteiger partial charge < -0.3 is 5.11 Å². The standard InChI is InChI=1S/C17H14FNO/c18-15-6-3-4-12(8-15)9-17(20)14-10-13-5-1-2-7-16(13)19-11-14/h1-8,10-11,17,20H,9H2. The molecule has 0 aliphatic heterocycles. The van der Waals surface area contributed by atoms with Gasteiger partial charge >= 0.3 is 0 Å². The molecule has 1 aromatic heterocycles. The van der Waals surface area contributed by atoms with Gasteiger partial charge in [-0.15, -0.1) is 0 Å². The van der Waals surface area contributed by atoms with Crippen LogP contribution in [0.1, 0.15) is 17.2 Å². The van der Waals surface area contributed by atoms with Crippen molar-refractivity contribution in [2.45, 2.75) is 12.5 Å². The van der Waals surface area contributed by atoms with E-state index in [1.165, 1.54) is 12.1 Å². The molecule has 0 fully saturated rings. The lowest BCUT2D eigenvalue weighted by Gasteiger charge is -2.11. The number of aliphatic hydroxyl groups excluding tert-OH is 1. The zero-order valence-electron chi connectivity index (χ0n) is 10.8. The van der Waals surface area contributed by atoms with Crippen molar-refractivity contribution in [3.63, 3.8) is 0 Å². The first-order valence-corrected chi connectivity index (χ1v) is 6.49. The van der Waals surface area contributed by atoms with Crippen LogP contribution in [-0.2, 0) is 6.42 Å². The molecular formula is C17H14FNO.